The van der Waals surface area contributed by atoms with E-state index in [1.807, 2.05) is 36.4 Å². The van der Waals surface area contributed by atoms with Gasteiger partial charge in [0.2, 0.25) is 0 Å². The number of nitrogens with zero attached hydrogens (tertiary/aromatic N) is 2. The lowest BCUT2D eigenvalue weighted by Crippen LogP contribution is -2.03. The van der Waals surface area contributed by atoms with Crippen LogP contribution in [0.5, 0.6) is 5.75 Å². The highest BCUT2D eigenvalue weighted by molar-refractivity contribution is 5.99. The minimum atomic E-state index is -1.05. The van der Waals surface area contributed by atoms with Crippen molar-refractivity contribution in [1.29, 1.82) is 0 Å². The summed E-state index contributed by atoms with van der Waals surface area (Å²) in [5.41, 5.74) is 2.52. The molecule has 2 heterocycles. The van der Waals surface area contributed by atoms with Crippen molar-refractivity contribution in [2.75, 3.05) is 7.11 Å². The SMILES string of the molecule is COc1cccc2[nH]c(-c3nc4ccccc4cc3C(=O)O)nc12. The maximum absolute atomic E-state index is 11.7. The van der Waals surface area contributed by atoms with Gasteiger partial charge in [0.05, 0.1) is 23.7 Å². The van der Waals surface area contributed by atoms with Crippen LogP contribution in [-0.4, -0.2) is 33.1 Å². The van der Waals surface area contributed by atoms with Gasteiger partial charge < -0.3 is 14.8 Å². The van der Waals surface area contributed by atoms with Crippen molar-refractivity contribution in [2.24, 2.45) is 0 Å². The molecule has 2 N–H and O–H groups in total. The summed E-state index contributed by atoms with van der Waals surface area (Å²) >= 11 is 0. The highest BCUT2D eigenvalue weighted by Gasteiger charge is 2.19. The Morgan fingerprint density at radius 3 is 2.75 bits per heavy atom. The van der Waals surface area contributed by atoms with Crippen molar-refractivity contribution < 1.29 is 14.6 Å². The van der Waals surface area contributed by atoms with E-state index in [0.717, 1.165) is 10.9 Å². The Kier molecular flexibility index (Phi) is 3.16. The average Bonchev–Trinajstić information content (AvgIpc) is 3.04. The molecule has 0 amide bonds. The van der Waals surface area contributed by atoms with Crippen LogP contribution in [-0.2, 0) is 0 Å². The molecule has 0 saturated heterocycles. The number of rotatable bonds is 3. The Morgan fingerprint density at radius 1 is 1.12 bits per heavy atom. The molecule has 4 aromatic rings. The van der Waals surface area contributed by atoms with E-state index in [1.54, 1.807) is 19.2 Å². The van der Waals surface area contributed by atoms with Gasteiger partial charge in [0.1, 0.15) is 17.0 Å². The number of benzene rings is 2. The minimum absolute atomic E-state index is 0.103. The molecule has 2 aromatic heterocycles. The number of aromatic carboxylic acids is 1. The molecule has 24 heavy (non-hydrogen) atoms. The van der Waals surface area contributed by atoms with Crippen molar-refractivity contribution in [3.05, 3.63) is 54.1 Å². The molecule has 0 atom stereocenters. The molecule has 0 radical (unpaired) electrons. The molecule has 0 aliphatic heterocycles. The second kappa shape index (κ2) is 5.34. The summed E-state index contributed by atoms with van der Waals surface area (Å²) in [5.74, 6) is -0.0269. The van der Waals surface area contributed by atoms with Gasteiger partial charge in [0, 0.05) is 5.39 Å². The fraction of sp³-hybridized carbons (Fsp3) is 0.0556. The van der Waals surface area contributed by atoms with Gasteiger partial charge in [-0.05, 0) is 24.3 Å². The number of hydrogen-bond acceptors (Lipinski definition) is 4. The van der Waals surface area contributed by atoms with Gasteiger partial charge in [-0.25, -0.2) is 14.8 Å². The maximum atomic E-state index is 11.7. The van der Waals surface area contributed by atoms with E-state index in [0.29, 0.717) is 28.3 Å². The van der Waals surface area contributed by atoms with E-state index in [2.05, 4.69) is 15.0 Å². The van der Waals surface area contributed by atoms with Gasteiger partial charge in [0.25, 0.3) is 0 Å². The predicted octanol–water partition coefficient (Wildman–Crippen LogP) is 3.48. The largest absolute Gasteiger partial charge is 0.494 e. The summed E-state index contributed by atoms with van der Waals surface area (Å²) in [6.07, 6.45) is 0. The summed E-state index contributed by atoms with van der Waals surface area (Å²) < 4.78 is 5.31. The third-order valence-electron chi connectivity index (χ3n) is 3.87. The molecule has 0 aliphatic carbocycles. The molecule has 0 bridgehead atoms. The molecule has 6 nitrogen and oxygen atoms in total. The Hall–Kier alpha value is -3.41. The average molecular weight is 319 g/mol. The van der Waals surface area contributed by atoms with Gasteiger partial charge in [-0.15, -0.1) is 0 Å². The van der Waals surface area contributed by atoms with Crippen LogP contribution in [0.1, 0.15) is 10.4 Å². The number of carboxylic acid groups (broad SMARTS) is 1. The molecular formula is C18H13N3O3. The fourth-order valence-electron chi connectivity index (χ4n) is 2.74. The van der Waals surface area contributed by atoms with Crippen molar-refractivity contribution in [2.45, 2.75) is 0 Å². The minimum Gasteiger partial charge on any atom is -0.494 e. The molecule has 2 aromatic carbocycles. The molecular weight excluding hydrogens is 306 g/mol. The van der Waals surface area contributed by atoms with E-state index in [4.69, 9.17) is 4.74 Å². The third kappa shape index (κ3) is 2.16. The first-order chi connectivity index (χ1) is 11.7. The topological polar surface area (TPSA) is 88.1 Å². The van der Waals surface area contributed by atoms with E-state index in [-0.39, 0.29) is 5.56 Å². The van der Waals surface area contributed by atoms with Crippen molar-refractivity contribution in [1.82, 2.24) is 15.0 Å². The highest BCUT2D eigenvalue weighted by Crippen LogP contribution is 2.29. The summed E-state index contributed by atoms with van der Waals surface area (Å²) in [6, 6.07) is 14.5. The highest BCUT2D eigenvalue weighted by atomic mass is 16.5. The van der Waals surface area contributed by atoms with Gasteiger partial charge in [0.15, 0.2) is 5.82 Å². The first-order valence-electron chi connectivity index (χ1n) is 7.33. The van der Waals surface area contributed by atoms with Crippen LogP contribution >= 0.6 is 0 Å². The summed E-state index contributed by atoms with van der Waals surface area (Å²) in [5, 5.41) is 10.3. The first kappa shape index (κ1) is 14.2. The Morgan fingerprint density at radius 2 is 1.96 bits per heavy atom. The Labute approximate surface area is 136 Å². The lowest BCUT2D eigenvalue weighted by atomic mass is 10.1. The standard InChI is InChI=1S/C18H13N3O3/c1-24-14-8-4-7-13-16(14)21-17(20-13)15-11(18(22)23)9-10-5-2-3-6-12(10)19-15/h2-9H,1H3,(H,20,21)(H,22,23). The number of ether oxygens (including phenoxy) is 1. The van der Waals surface area contributed by atoms with Crippen LogP contribution < -0.4 is 4.74 Å². The van der Waals surface area contributed by atoms with E-state index in [9.17, 15) is 9.90 Å². The molecule has 0 spiro atoms. The first-order valence-corrected chi connectivity index (χ1v) is 7.33. The second-order valence-corrected chi connectivity index (χ2v) is 5.32. The van der Waals surface area contributed by atoms with E-state index < -0.39 is 5.97 Å². The van der Waals surface area contributed by atoms with Gasteiger partial charge in [-0.2, -0.15) is 0 Å². The van der Waals surface area contributed by atoms with Crippen molar-refractivity contribution >= 4 is 27.9 Å². The normalized spacial score (nSPS) is 11.0. The Balaban J connectivity index is 2.01. The summed E-state index contributed by atoms with van der Waals surface area (Å²) in [4.78, 5) is 23.8. The van der Waals surface area contributed by atoms with Crippen LogP contribution in [0, 0.1) is 0 Å². The summed E-state index contributed by atoms with van der Waals surface area (Å²) in [6.45, 7) is 0. The van der Waals surface area contributed by atoms with Gasteiger partial charge >= 0.3 is 5.97 Å². The zero-order valence-corrected chi connectivity index (χ0v) is 12.8. The molecule has 118 valence electrons. The molecule has 0 aliphatic rings. The van der Waals surface area contributed by atoms with Crippen molar-refractivity contribution in [3.63, 3.8) is 0 Å². The number of aromatic nitrogens is 3. The van der Waals surface area contributed by atoms with E-state index in [1.165, 1.54) is 0 Å². The second-order valence-electron chi connectivity index (χ2n) is 5.32. The van der Waals surface area contributed by atoms with Crippen LogP contribution in [0.4, 0.5) is 0 Å². The van der Waals surface area contributed by atoms with Crippen LogP contribution in [0.2, 0.25) is 0 Å². The Bertz CT molecular complexity index is 1090. The number of carbonyl (C=O) groups is 1. The number of methoxy groups -OCH3 is 1. The number of imidazole rings is 1. The predicted molar refractivity (Wildman–Crippen MR) is 90.3 cm³/mol. The number of hydrogen-bond donors (Lipinski definition) is 2. The number of fused-ring (bicyclic) bond motifs is 2. The van der Waals surface area contributed by atoms with Gasteiger partial charge in [-0.3, -0.25) is 0 Å². The number of aromatic amines is 1. The molecule has 0 saturated carbocycles. The monoisotopic (exact) mass is 319 g/mol. The number of pyridine rings is 1. The number of nitrogens with one attached hydrogen (secondary N) is 1. The number of H-pyrrole nitrogens is 1. The van der Waals surface area contributed by atoms with E-state index >= 15 is 0 Å². The van der Waals surface area contributed by atoms with Crippen molar-refractivity contribution in [3.8, 4) is 17.3 Å². The quantitative estimate of drug-likeness (QED) is 0.603. The molecule has 0 fully saturated rings. The summed E-state index contributed by atoms with van der Waals surface area (Å²) in [7, 11) is 1.57. The molecule has 4 rings (SSSR count). The lowest BCUT2D eigenvalue weighted by molar-refractivity contribution is 0.0697. The zero-order chi connectivity index (χ0) is 16.7. The number of carboxylic acids is 1. The van der Waals surface area contributed by atoms with Crippen LogP contribution in [0.15, 0.2) is 48.5 Å². The van der Waals surface area contributed by atoms with Crippen LogP contribution in [0.3, 0.4) is 0 Å². The smallest absolute Gasteiger partial charge is 0.338 e. The zero-order valence-electron chi connectivity index (χ0n) is 12.8. The number of para-hydroxylation sites is 2. The fourth-order valence-corrected chi connectivity index (χ4v) is 2.74. The van der Waals surface area contributed by atoms with Crippen LogP contribution in [0.25, 0.3) is 33.5 Å². The molecule has 6 heteroatoms. The van der Waals surface area contributed by atoms with Gasteiger partial charge in [-0.1, -0.05) is 24.3 Å². The lowest BCUT2D eigenvalue weighted by Gasteiger charge is -2.05. The molecule has 0 unspecified atom stereocenters. The maximum Gasteiger partial charge on any atom is 0.338 e. The third-order valence-corrected chi connectivity index (χ3v) is 3.87.